The van der Waals surface area contributed by atoms with Gasteiger partial charge in [0, 0.05) is 11.4 Å². The first-order valence-corrected chi connectivity index (χ1v) is 11.9. The van der Waals surface area contributed by atoms with E-state index in [1.54, 1.807) is 11.8 Å². The minimum atomic E-state index is -0.107. The largest absolute Gasteiger partial charge is 0.337 e. The van der Waals surface area contributed by atoms with Crippen LogP contribution in [0.2, 0.25) is 0 Å². The topological polar surface area (TPSA) is 83.6 Å². The van der Waals surface area contributed by atoms with Crippen molar-refractivity contribution in [3.8, 4) is 0 Å². The molecule has 2 heterocycles. The smallest absolute Gasteiger partial charge is 0.236 e. The Morgan fingerprint density at radius 3 is 2.82 bits per heavy atom. The van der Waals surface area contributed by atoms with Gasteiger partial charge in [-0.2, -0.15) is 0 Å². The summed E-state index contributed by atoms with van der Waals surface area (Å²) in [7, 11) is 0. The van der Waals surface area contributed by atoms with Crippen LogP contribution in [-0.2, 0) is 17.0 Å². The molecule has 3 aromatic rings. The van der Waals surface area contributed by atoms with Crippen molar-refractivity contribution in [2.24, 2.45) is 0 Å². The van der Waals surface area contributed by atoms with Gasteiger partial charge in [0.05, 0.1) is 11.4 Å². The lowest BCUT2D eigenvalue weighted by Gasteiger charge is -1.99. The molecule has 6 nitrogen and oxygen atoms in total. The molecule has 0 bridgehead atoms. The van der Waals surface area contributed by atoms with Gasteiger partial charge < -0.3 is 4.98 Å². The number of unbranched alkanes of at least 4 members (excludes halogenated alkanes) is 1. The number of H-pyrrole nitrogens is 1. The van der Waals surface area contributed by atoms with E-state index in [-0.39, 0.29) is 11.7 Å². The van der Waals surface area contributed by atoms with E-state index in [2.05, 4.69) is 44.5 Å². The highest BCUT2D eigenvalue weighted by Crippen LogP contribution is 2.28. The summed E-state index contributed by atoms with van der Waals surface area (Å²) in [6, 6.07) is 10.2. The lowest BCUT2D eigenvalue weighted by Crippen LogP contribution is -2.13. The van der Waals surface area contributed by atoms with Crippen LogP contribution < -0.4 is 5.32 Å². The van der Waals surface area contributed by atoms with Crippen molar-refractivity contribution in [2.45, 2.75) is 48.4 Å². The van der Waals surface area contributed by atoms with E-state index in [9.17, 15) is 4.79 Å². The van der Waals surface area contributed by atoms with E-state index in [1.807, 2.05) is 25.1 Å². The van der Waals surface area contributed by atoms with Crippen molar-refractivity contribution >= 4 is 45.9 Å². The van der Waals surface area contributed by atoms with Gasteiger partial charge in [-0.25, -0.2) is 4.98 Å². The van der Waals surface area contributed by atoms with Gasteiger partial charge >= 0.3 is 0 Å². The number of aryl methyl sites for hydroxylation is 2. The van der Waals surface area contributed by atoms with E-state index >= 15 is 0 Å². The second-order valence-corrected chi connectivity index (χ2v) is 9.37. The number of amides is 1. The molecule has 148 valence electrons. The number of thioether (sulfide) groups is 2. The summed E-state index contributed by atoms with van der Waals surface area (Å²) < 4.78 is 0.842. The Morgan fingerprint density at radius 2 is 2.04 bits per heavy atom. The lowest BCUT2D eigenvalue weighted by atomic mass is 10.2. The summed E-state index contributed by atoms with van der Waals surface area (Å²) >= 11 is 4.41. The van der Waals surface area contributed by atoms with Gasteiger partial charge in [0.25, 0.3) is 0 Å². The molecule has 2 N–H and O–H groups in total. The van der Waals surface area contributed by atoms with Gasteiger partial charge in [-0.3, -0.25) is 10.1 Å². The van der Waals surface area contributed by atoms with Crippen LogP contribution in [0.5, 0.6) is 0 Å². The zero-order chi connectivity index (χ0) is 19.8. The van der Waals surface area contributed by atoms with E-state index < -0.39 is 0 Å². The predicted molar refractivity (Wildman–Crippen MR) is 117 cm³/mol. The summed E-state index contributed by atoms with van der Waals surface area (Å²) in [5, 5.41) is 12.3. The number of hydrogen-bond acceptors (Lipinski definition) is 7. The fourth-order valence-electron chi connectivity index (χ4n) is 2.45. The van der Waals surface area contributed by atoms with Gasteiger partial charge in [-0.15, -0.1) is 10.2 Å². The highest BCUT2D eigenvalue weighted by molar-refractivity contribution is 8.00. The quantitative estimate of drug-likeness (QED) is 0.348. The molecule has 0 aliphatic carbocycles. The van der Waals surface area contributed by atoms with Crippen molar-refractivity contribution in [2.75, 3.05) is 11.1 Å². The molecular formula is C19H23N5OS3. The number of rotatable bonds is 10. The Bertz CT molecular complexity index is 894. The molecule has 1 aromatic carbocycles. The molecule has 0 saturated heterocycles. The third-order valence-electron chi connectivity index (χ3n) is 3.93. The molecule has 9 heteroatoms. The van der Waals surface area contributed by atoms with E-state index in [0.717, 1.165) is 45.9 Å². The van der Waals surface area contributed by atoms with Crippen molar-refractivity contribution < 1.29 is 4.79 Å². The highest BCUT2D eigenvalue weighted by Gasteiger charge is 2.12. The van der Waals surface area contributed by atoms with Crippen LogP contribution in [0, 0.1) is 6.92 Å². The van der Waals surface area contributed by atoms with Crippen LogP contribution in [0.1, 0.15) is 36.7 Å². The molecule has 0 radical (unpaired) electrons. The molecule has 2 aromatic heterocycles. The molecule has 0 aliphatic rings. The van der Waals surface area contributed by atoms with E-state index in [1.165, 1.54) is 28.7 Å². The number of hydrogen-bond donors (Lipinski definition) is 2. The number of imidazole rings is 1. The van der Waals surface area contributed by atoms with Crippen molar-refractivity contribution in [1.29, 1.82) is 0 Å². The molecule has 0 unspecified atom stereocenters. The third-order valence-corrected chi connectivity index (χ3v) is 6.85. The maximum atomic E-state index is 12.2. The summed E-state index contributed by atoms with van der Waals surface area (Å²) in [6.45, 7) is 4.19. The first kappa shape index (κ1) is 20.9. The summed E-state index contributed by atoms with van der Waals surface area (Å²) in [6.07, 6.45) is 3.24. The Labute approximate surface area is 177 Å². The van der Waals surface area contributed by atoms with Gasteiger partial charge in [0.1, 0.15) is 0 Å². The Morgan fingerprint density at radius 1 is 1.21 bits per heavy atom. The first-order valence-electron chi connectivity index (χ1n) is 9.12. The van der Waals surface area contributed by atoms with Crippen molar-refractivity contribution in [1.82, 2.24) is 20.2 Å². The predicted octanol–water partition coefficient (Wildman–Crippen LogP) is 4.94. The van der Waals surface area contributed by atoms with Crippen LogP contribution >= 0.6 is 34.9 Å². The standard InChI is InChI=1S/C19H23N5OS3/c1-3-4-10-15-13(2)20-17(21-15)26-12-16(25)22-18-23-24-19(28-18)27-11-14-8-6-5-7-9-14/h5-9H,3-4,10-12H2,1-2H3,(H,20,21)(H,22,23,25). The highest BCUT2D eigenvalue weighted by atomic mass is 32.2. The molecule has 0 spiro atoms. The van der Waals surface area contributed by atoms with Crippen LogP contribution in [0.4, 0.5) is 5.13 Å². The SMILES string of the molecule is CCCCc1nc(SCC(=O)Nc2nnc(SCc3ccccc3)s2)[nH]c1C. The van der Waals surface area contributed by atoms with E-state index in [4.69, 9.17) is 0 Å². The molecule has 0 saturated carbocycles. The van der Waals surface area contributed by atoms with Crippen LogP contribution in [0.25, 0.3) is 0 Å². The fraction of sp³-hybridized carbons (Fsp3) is 0.368. The Hall–Kier alpha value is -1.84. The van der Waals surface area contributed by atoms with Gasteiger partial charge in [0.2, 0.25) is 11.0 Å². The minimum absolute atomic E-state index is 0.107. The number of carbonyl (C=O) groups excluding carboxylic acids is 1. The maximum absolute atomic E-state index is 12.2. The second kappa shape index (κ2) is 10.6. The third kappa shape index (κ3) is 6.35. The number of aromatic nitrogens is 4. The van der Waals surface area contributed by atoms with E-state index in [0.29, 0.717) is 5.13 Å². The summed E-state index contributed by atoms with van der Waals surface area (Å²) in [4.78, 5) is 20.0. The molecule has 0 fully saturated rings. The number of anilines is 1. The van der Waals surface area contributed by atoms with Gasteiger partial charge in [-0.1, -0.05) is 78.5 Å². The van der Waals surface area contributed by atoms with Gasteiger partial charge in [0.15, 0.2) is 9.50 Å². The molecule has 1 amide bonds. The lowest BCUT2D eigenvalue weighted by molar-refractivity contribution is -0.113. The van der Waals surface area contributed by atoms with Crippen molar-refractivity contribution in [3.05, 3.63) is 47.3 Å². The molecule has 3 rings (SSSR count). The zero-order valence-electron chi connectivity index (χ0n) is 15.9. The number of aromatic amines is 1. The summed E-state index contributed by atoms with van der Waals surface area (Å²) in [5.41, 5.74) is 3.41. The van der Waals surface area contributed by atoms with Crippen LogP contribution in [0.15, 0.2) is 39.8 Å². The van der Waals surface area contributed by atoms with Crippen LogP contribution in [-0.4, -0.2) is 31.8 Å². The minimum Gasteiger partial charge on any atom is -0.337 e. The average molecular weight is 434 g/mol. The number of nitrogens with zero attached hydrogens (tertiary/aromatic N) is 3. The van der Waals surface area contributed by atoms with Crippen LogP contribution in [0.3, 0.4) is 0 Å². The molecule has 28 heavy (non-hydrogen) atoms. The number of nitrogens with one attached hydrogen (secondary N) is 2. The summed E-state index contributed by atoms with van der Waals surface area (Å²) in [5.74, 6) is 1.01. The Balaban J connectivity index is 1.44. The average Bonchev–Trinajstić information content (AvgIpc) is 3.30. The first-order chi connectivity index (χ1) is 13.6. The fourth-order valence-corrected chi connectivity index (χ4v) is 4.91. The zero-order valence-corrected chi connectivity index (χ0v) is 18.3. The molecule has 0 atom stereocenters. The number of benzene rings is 1. The number of carbonyl (C=O) groups is 1. The van der Waals surface area contributed by atoms with Gasteiger partial charge in [-0.05, 0) is 25.3 Å². The molecular weight excluding hydrogens is 410 g/mol. The maximum Gasteiger partial charge on any atom is 0.236 e. The second-order valence-electron chi connectivity index (χ2n) is 6.20. The normalized spacial score (nSPS) is 10.9. The Kier molecular flexibility index (Phi) is 7.93. The molecule has 0 aliphatic heterocycles. The van der Waals surface area contributed by atoms with Crippen molar-refractivity contribution in [3.63, 3.8) is 0 Å². The monoisotopic (exact) mass is 433 g/mol.